The molecule has 1 unspecified atom stereocenters. The Morgan fingerprint density at radius 2 is 1.61 bits per heavy atom. The Morgan fingerprint density at radius 1 is 0.902 bits per heavy atom. The Bertz CT molecular complexity index is 1820. The molecule has 4 aromatic carbocycles. The van der Waals surface area contributed by atoms with Crippen LogP contribution in [0.3, 0.4) is 0 Å². The van der Waals surface area contributed by atoms with E-state index in [1.807, 2.05) is 41.8 Å². The van der Waals surface area contributed by atoms with E-state index in [9.17, 15) is 24.8 Å². The first-order chi connectivity index (χ1) is 19.9. The molecule has 0 aliphatic carbocycles. The largest absolute Gasteiger partial charge is 0.478 e. The predicted octanol–water partition coefficient (Wildman–Crippen LogP) is 7.51. The highest BCUT2D eigenvalue weighted by Crippen LogP contribution is 2.36. The minimum atomic E-state index is -1.11. The summed E-state index contributed by atoms with van der Waals surface area (Å²) in [4.78, 5) is 38.8. The van der Waals surface area contributed by atoms with Gasteiger partial charge in [-0.25, -0.2) is 4.79 Å². The van der Waals surface area contributed by atoms with Gasteiger partial charge in [0.05, 0.1) is 16.4 Å². The molecule has 2 amide bonds. The summed E-state index contributed by atoms with van der Waals surface area (Å²) in [6.45, 7) is 1.77. The van der Waals surface area contributed by atoms with E-state index in [0.717, 1.165) is 16.0 Å². The number of thioether (sulfide) groups is 1. The first kappa shape index (κ1) is 27.6. The highest BCUT2D eigenvalue weighted by atomic mass is 32.2. The first-order valence-electron chi connectivity index (χ1n) is 12.6. The average Bonchev–Trinajstić information content (AvgIpc) is 3.39. The van der Waals surface area contributed by atoms with Gasteiger partial charge in [0, 0.05) is 32.5 Å². The number of nitrogens with zero attached hydrogens (tertiary/aromatic N) is 1. The van der Waals surface area contributed by atoms with Crippen molar-refractivity contribution in [3.05, 3.63) is 113 Å². The quantitative estimate of drug-likeness (QED) is 0.164. The van der Waals surface area contributed by atoms with Crippen LogP contribution in [-0.2, 0) is 4.79 Å². The monoisotopic (exact) mass is 577 g/mol. The second kappa shape index (κ2) is 12.1. The third kappa shape index (κ3) is 5.99. The molecule has 5 aromatic rings. The molecule has 0 aliphatic heterocycles. The van der Waals surface area contributed by atoms with Crippen LogP contribution in [-0.4, -0.2) is 28.1 Å². The SMILES string of the molecule is CC(Sc1cccc(NC(=O)c2cccc3cccc(C(=O)O)c23)c1)C(=O)Nc1scc(-c2ccccc2)c1C#N. The van der Waals surface area contributed by atoms with Crippen LogP contribution in [0.1, 0.15) is 33.2 Å². The van der Waals surface area contributed by atoms with Crippen LogP contribution in [0.5, 0.6) is 0 Å². The van der Waals surface area contributed by atoms with Crippen LogP contribution in [0.15, 0.2) is 101 Å². The van der Waals surface area contributed by atoms with Crippen molar-refractivity contribution in [2.75, 3.05) is 10.6 Å². The van der Waals surface area contributed by atoms with Crippen LogP contribution < -0.4 is 10.6 Å². The molecule has 9 heteroatoms. The molecule has 0 aliphatic rings. The minimum Gasteiger partial charge on any atom is -0.478 e. The molecular formula is C32H23N3O4S2. The summed E-state index contributed by atoms with van der Waals surface area (Å²) in [6, 6.07) is 28.8. The number of nitrogens with one attached hydrogen (secondary N) is 2. The number of nitriles is 1. The molecule has 0 bridgehead atoms. The number of hydrogen-bond acceptors (Lipinski definition) is 6. The number of carboxylic acids is 1. The second-order valence-corrected chi connectivity index (χ2v) is 11.4. The number of carbonyl (C=O) groups excluding carboxylic acids is 2. The Hall–Kier alpha value is -4.91. The fourth-order valence-electron chi connectivity index (χ4n) is 4.42. The number of anilines is 2. The van der Waals surface area contributed by atoms with Crippen molar-refractivity contribution in [1.82, 2.24) is 0 Å². The molecule has 202 valence electrons. The average molecular weight is 578 g/mol. The summed E-state index contributed by atoms with van der Waals surface area (Å²) in [5, 5.41) is 28.0. The number of aromatic carboxylic acids is 1. The molecule has 1 heterocycles. The normalized spacial score (nSPS) is 11.4. The number of carboxylic acid groups (broad SMARTS) is 1. The third-order valence-corrected chi connectivity index (χ3v) is 8.37. The van der Waals surface area contributed by atoms with E-state index < -0.39 is 17.1 Å². The van der Waals surface area contributed by atoms with Gasteiger partial charge in [-0.15, -0.1) is 23.1 Å². The van der Waals surface area contributed by atoms with Crippen LogP contribution in [0.25, 0.3) is 21.9 Å². The lowest BCUT2D eigenvalue weighted by Gasteiger charge is -2.13. The van der Waals surface area contributed by atoms with Gasteiger partial charge in [-0.2, -0.15) is 5.26 Å². The summed E-state index contributed by atoms with van der Waals surface area (Å²) in [5.74, 6) is -1.80. The van der Waals surface area contributed by atoms with Gasteiger partial charge in [0.1, 0.15) is 11.1 Å². The van der Waals surface area contributed by atoms with Gasteiger partial charge in [0.15, 0.2) is 0 Å². The van der Waals surface area contributed by atoms with E-state index in [2.05, 4.69) is 16.7 Å². The molecule has 7 nitrogen and oxygen atoms in total. The van der Waals surface area contributed by atoms with Crippen LogP contribution in [0.2, 0.25) is 0 Å². The number of rotatable bonds is 8. The van der Waals surface area contributed by atoms with Crippen molar-refractivity contribution in [3.63, 3.8) is 0 Å². The van der Waals surface area contributed by atoms with Crippen molar-refractivity contribution < 1.29 is 19.5 Å². The van der Waals surface area contributed by atoms with Gasteiger partial charge in [-0.1, -0.05) is 60.7 Å². The minimum absolute atomic E-state index is 0.0542. The molecule has 41 heavy (non-hydrogen) atoms. The summed E-state index contributed by atoms with van der Waals surface area (Å²) in [5.41, 5.74) is 2.93. The maximum absolute atomic E-state index is 13.2. The third-order valence-electron chi connectivity index (χ3n) is 6.38. The Kier molecular flexibility index (Phi) is 8.15. The zero-order valence-corrected chi connectivity index (χ0v) is 23.4. The zero-order chi connectivity index (χ0) is 28.9. The van der Waals surface area contributed by atoms with Crippen molar-refractivity contribution in [2.45, 2.75) is 17.1 Å². The van der Waals surface area contributed by atoms with Crippen LogP contribution in [0.4, 0.5) is 10.7 Å². The highest BCUT2D eigenvalue weighted by molar-refractivity contribution is 8.00. The zero-order valence-electron chi connectivity index (χ0n) is 21.8. The van der Waals surface area contributed by atoms with E-state index in [1.165, 1.54) is 29.2 Å². The van der Waals surface area contributed by atoms with Gasteiger partial charge in [-0.05, 0) is 48.2 Å². The topological polar surface area (TPSA) is 119 Å². The maximum Gasteiger partial charge on any atom is 0.336 e. The Morgan fingerprint density at radius 3 is 2.32 bits per heavy atom. The van der Waals surface area contributed by atoms with Crippen molar-refractivity contribution in [1.29, 1.82) is 5.26 Å². The molecule has 5 rings (SSSR count). The molecule has 3 N–H and O–H groups in total. The molecule has 0 fully saturated rings. The maximum atomic E-state index is 13.2. The van der Waals surface area contributed by atoms with E-state index in [-0.39, 0.29) is 17.0 Å². The number of carbonyl (C=O) groups is 3. The second-order valence-electron chi connectivity index (χ2n) is 9.08. The van der Waals surface area contributed by atoms with Gasteiger partial charge < -0.3 is 15.7 Å². The standard InChI is InChI=1S/C32H23N3O4S2/c1-19(29(36)35-31-26(17-33)27(18-40-31)20-8-3-2-4-9-20)41-23-13-7-12-22(16-23)34-30(37)24-14-5-10-21-11-6-15-25(28(21)24)32(38)39/h2-16,18-19H,1H3,(H,34,37)(H,35,36)(H,38,39). The molecule has 1 aromatic heterocycles. The molecule has 1 atom stereocenters. The lowest BCUT2D eigenvalue weighted by molar-refractivity contribution is -0.115. The highest BCUT2D eigenvalue weighted by Gasteiger charge is 2.20. The molecule has 0 saturated heterocycles. The summed E-state index contributed by atoms with van der Waals surface area (Å²) in [6.07, 6.45) is 0. The smallest absolute Gasteiger partial charge is 0.336 e. The number of thiophene rings is 1. The van der Waals surface area contributed by atoms with E-state index in [1.54, 1.807) is 55.5 Å². The van der Waals surface area contributed by atoms with Crippen LogP contribution >= 0.6 is 23.1 Å². The van der Waals surface area contributed by atoms with Gasteiger partial charge >= 0.3 is 5.97 Å². The number of amides is 2. The first-order valence-corrected chi connectivity index (χ1v) is 14.3. The van der Waals surface area contributed by atoms with Crippen molar-refractivity contribution in [2.24, 2.45) is 0 Å². The van der Waals surface area contributed by atoms with E-state index in [0.29, 0.717) is 27.0 Å². The lowest BCUT2D eigenvalue weighted by atomic mass is 9.98. The van der Waals surface area contributed by atoms with Gasteiger partial charge in [0.25, 0.3) is 5.91 Å². The Balaban J connectivity index is 1.29. The summed E-state index contributed by atoms with van der Waals surface area (Å²) >= 11 is 2.62. The van der Waals surface area contributed by atoms with Gasteiger partial charge in [0.2, 0.25) is 5.91 Å². The van der Waals surface area contributed by atoms with E-state index in [4.69, 9.17) is 0 Å². The predicted molar refractivity (Wildman–Crippen MR) is 164 cm³/mol. The summed E-state index contributed by atoms with van der Waals surface area (Å²) < 4.78 is 0. The lowest BCUT2D eigenvalue weighted by Crippen LogP contribution is -2.22. The molecular weight excluding hydrogens is 555 g/mol. The molecule has 0 saturated carbocycles. The Labute approximate surface area is 244 Å². The molecule has 0 spiro atoms. The number of fused-ring (bicyclic) bond motifs is 1. The van der Waals surface area contributed by atoms with Crippen molar-refractivity contribution >= 4 is 62.3 Å². The number of hydrogen-bond donors (Lipinski definition) is 3. The fraction of sp³-hybridized carbons (Fsp3) is 0.0625. The van der Waals surface area contributed by atoms with Crippen LogP contribution in [0, 0.1) is 11.3 Å². The summed E-state index contributed by atoms with van der Waals surface area (Å²) in [7, 11) is 0. The van der Waals surface area contributed by atoms with E-state index >= 15 is 0 Å². The van der Waals surface area contributed by atoms with Crippen molar-refractivity contribution in [3.8, 4) is 17.2 Å². The fourth-order valence-corrected chi connectivity index (χ4v) is 6.27. The number of benzene rings is 4. The molecule has 0 radical (unpaired) electrons. The van der Waals surface area contributed by atoms with Gasteiger partial charge in [-0.3, -0.25) is 9.59 Å².